The molecule has 1 aromatic heterocycles. The van der Waals surface area contributed by atoms with Gasteiger partial charge in [-0.3, -0.25) is 9.59 Å². The molecule has 1 N–H and O–H groups in total. The molecular weight excluding hydrogens is 473 g/mol. The quantitative estimate of drug-likeness (QED) is 0.464. The monoisotopic (exact) mass is 499 g/mol. The highest BCUT2D eigenvalue weighted by Crippen LogP contribution is 2.36. The van der Waals surface area contributed by atoms with Crippen LogP contribution in [0.2, 0.25) is 10.2 Å². The van der Waals surface area contributed by atoms with Crippen molar-refractivity contribution in [3.8, 4) is 16.9 Å². The Bertz CT molecular complexity index is 1220. The van der Waals surface area contributed by atoms with Crippen molar-refractivity contribution in [2.45, 2.75) is 32.3 Å². The molecule has 8 heteroatoms. The smallest absolute Gasteiger partial charge is 0.263 e. The molecule has 0 spiro atoms. The summed E-state index contributed by atoms with van der Waals surface area (Å²) >= 11 is 12.7. The van der Waals surface area contributed by atoms with Crippen LogP contribution in [0.4, 0.5) is 0 Å². The zero-order valence-electron chi connectivity index (χ0n) is 19.2. The Hall–Kier alpha value is -2.83. The van der Waals surface area contributed by atoms with Gasteiger partial charge in [0.1, 0.15) is 10.9 Å². The maximum Gasteiger partial charge on any atom is 0.263 e. The number of aromatic nitrogens is 1. The van der Waals surface area contributed by atoms with Crippen LogP contribution in [0.15, 0.2) is 48.5 Å². The van der Waals surface area contributed by atoms with Gasteiger partial charge in [-0.15, -0.1) is 0 Å². The molecule has 0 saturated carbocycles. The fourth-order valence-electron chi connectivity index (χ4n) is 4.46. The van der Waals surface area contributed by atoms with Crippen molar-refractivity contribution in [3.63, 3.8) is 0 Å². The first-order valence-corrected chi connectivity index (χ1v) is 12.1. The van der Waals surface area contributed by atoms with E-state index in [4.69, 9.17) is 27.9 Å². The van der Waals surface area contributed by atoms with Gasteiger partial charge in [0.25, 0.3) is 5.91 Å². The van der Waals surface area contributed by atoms with Crippen LogP contribution in [0.5, 0.6) is 5.75 Å². The Morgan fingerprint density at radius 2 is 1.97 bits per heavy atom. The third-order valence-electron chi connectivity index (χ3n) is 6.16. The molecule has 0 aliphatic carbocycles. The molecule has 4 rings (SSSR count). The van der Waals surface area contributed by atoms with Crippen LogP contribution in [-0.2, 0) is 9.59 Å². The number of piperidine rings is 1. The van der Waals surface area contributed by atoms with E-state index >= 15 is 0 Å². The predicted octanol–water partition coefficient (Wildman–Crippen LogP) is 5.35. The number of carbonyl (C=O) groups is 2. The molecule has 34 heavy (non-hydrogen) atoms. The average Bonchev–Trinajstić information content (AvgIpc) is 2.83. The van der Waals surface area contributed by atoms with Gasteiger partial charge in [0.2, 0.25) is 5.91 Å². The number of nitrogens with zero attached hydrogens (tertiary/aromatic N) is 2. The molecule has 2 heterocycles. The van der Waals surface area contributed by atoms with Crippen LogP contribution in [0.1, 0.15) is 26.2 Å². The van der Waals surface area contributed by atoms with Crippen molar-refractivity contribution in [2.75, 3.05) is 20.1 Å². The van der Waals surface area contributed by atoms with Gasteiger partial charge in [0.05, 0.1) is 5.52 Å². The van der Waals surface area contributed by atoms with E-state index < -0.39 is 6.10 Å². The van der Waals surface area contributed by atoms with E-state index in [2.05, 4.69) is 10.3 Å². The Balaban J connectivity index is 1.51. The lowest BCUT2D eigenvalue weighted by Gasteiger charge is -2.34. The number of benzene rings is 2. The molecule has 0 unspecified atom stereocenters. The second-order valence-electron chi connectivity index (χ2n) is 8.58. The Labute approximate surface area is 209 Å². The Morgan fingerprint density at radius 1 is 1.18 bits per heavy atom. The molecular formula is C26H27Cl2N3O3. The second-order valence-corrected chi connectivity index (χ2v) is 9.38. The number of amides is 2. The number of likely N-dealkylation sites (tertiary alicyclic amines) is 1. The lowest BCUT2D eigenvalue weighted by molar-refractivity contribution is -0.140. The van der Waals surface area contributed by atoms with Gasteiger partial charge in [0, 0.05) is 48.6 Å². The minimum Gasteiger partial charge on any atom is -0.481 e. The van der Waals surface area contributed by atoms with Crippen LogP contribution in [-0.4, -0.2) is 47.9 Å². The van der Waals surface area contributed by atoms with Crippen molar-refractivity contribution < 1.29 is 14.3 Å². The van der Waals surface area contributed by atoms with Gasteiger partial charge < -0.3 is 15.0 Å². The molecule has 0 bridgehead atoms. The van der Waals surface area contributed by atoms with Crippen LogP contribution in [0.25, 0.3) is 22.0 Å². The van der Waals surface area contributed by atoms with Gasteiger partial charge in [-0.2, -0.15) is 0 Å². The van der Waals surface area contributed by atoms with Crippen molar-refractivity contribution >= 4 is 45.9 Å². The minimum absolute atomic E-state index is 0.00193. The molecule has 2 amide bonds. The summed E-state index contributed by atoms with van der Waals surface area (Å²) in [5.41, 5.74) is 2.40. The highest BCUT2D eigenvalue weighted by Gasteiger charge is 2.29. The molecule has 2 aromatic carbocycles. The Kier molecular flexibility index (Phi) is 7.59. The maximum atomic E-state index is 13.0. The van der Waals surface area contributed by atoms with Gasteiger partial charge in [0.15, 0.2) is 6.10 Å². The average molecular weight is 500 g/mol. The number of pyridine rings is 1. The summed E-state index contributed by atoms with van der Waals surface area (Å²) in [6, 6.07) is 14.9. The first-order valence-electron chi connectivity index (χ1n) is 11.4. The predicted molar refractivity (Wildman–Crippen MR) is 135 cm³/mol. The largest absolute Gasteiger partial charge is 0.481 e. The van der Waals surface area contributed by atoms with E-state index in [0.29, 0.717) is 41.0 Å². The number of hydrogen-bond donors (Lipinski definition) is 1. The summed E-state index contributed by atoms with van der Waals surface area (Å²) in [5, 5.41) is 4.52. The topological polar surface area (TPSA) is 71.5 Å². The number of halogens is 2. The van der Waals surface area contributed by atoms with Crippen LogP contribution >= 0.6 is 23.2 Å². The van der Waals surface area contributed by atoms with Crippen LogP contribution in [0.3, 0.4) is 0 Å². The van der Waals surface area contributed by atoms with Crippen molar-refractivity contribution in [1.82, 2.24) is 15.2 Å². The summed E-state index contributed by atoms with van der Waals surface area (Å²) < 4.78 is 6.00. The summed E-state index contributed by atoms with van der Waals surface area (Å²) in [5.74, 6) is 0.617. The maximum absolute atomic E-state index is 13.0. The molecule has 1 saturated heterocycles. The molecule has 3 aromatic rings. The number of rotatable bonds is 6. The third kappa shape index (κ3) is 5.45. The van der Waals surface area contributed by atoms with Crippen molar-refractivity contribution in [3.05, 3.63) is 58.7 Å². The normalized spacial score (nSPS) is 16.8. The first kappa shape index (κ1) is 24.3. The SMILES string of the molecule is CNC(=O)C[C@H]1CCCN(C(=O)[C@@H](C)Oc2ccc3c(-c4ccccc4Cl)cc(Cl)nc3c2)C1. The number of ether oxygens (including phenoxy) is 1. The van der Waals surface area contributed by atoms with Crippen molar-refractivity contribution in [1.29, 1.82) is 0 Å². The lowest BCUT2D eigenvalue weighted by Crippen LogP contribution is -2.46. The van der Waals surface area contributed by atoms with E-state index in [0.717, 1.165) is 29.4 Å². The number of nitrogens with one attached hydrogen (secondary N) is 1. The van der Waals surface area contributed by atoms with Crippen molar-refractivity contribution in [2.24, 2.45) is 5.92 Å². The number of carbonyl (C=O) groups excluding carboxylic acids is 2. The molecule has 1 aliphatic heterocycles. The first-order chi connectivity index (χ1) is 16.4. The van der Waals surface area contributed by atoms with Gasteiger partial charge in [-0.05, 0) is 55.5 Å². The van der Waals surface area contributed by atoms with E-state index in [1.807, 2.05) is 36.4 Å². The number of fused-ring (bicyclic) bond motifs is 1. The van der Waals surface area contributed by atoms with Crippen LogP contribution < -0.4 is 10.1 Å². The molecule has 0 radical (unpaired) electrons. The molecule has 1 aliphatic rings. The highest BCUT2D eigenvalue weighted by molar-refractivity contribution is 6.34. The van der Waals surface area contributed by atoms with E-state index in [1.54, 1.807) is 31.0 Å². The van der Waals surface area contributed by atoms with E-state index in [-0.39, 0.29) is 17.7 Å². The lowest BCUT2D eigenvalue weighted by atomic mass is 9.94. The highest BCUT2D eigenvalue weighted by atomic mass is 35.5. The van der Waals surface area contributed by atoms with Crippen LogP contribution in [0, 0.1) is 5.92 Å². The Morgan fingerprint density at radius 3 is 2.74 bits per heavy atom. The fourth-order valence-corrected chi connectivity index (χ4v) is 4.90. The zero-order valence-corrected chi connectivity index (χ0v) is 20.7. The number of hydrogen-bond acceptors (Lipinski definition) is 4. The summed E-state index contributed by atoms with van der Waals surface area (Å²) in [7, 11) is 1.63. The summed E-state index contributed by atoms with van der Waals surface area (Å²) in [6.45, 7) is 2.98. The standard InChI is InChI=1S/C26H27Cl2N3O3/c1-16(26(33)31-11-5-6-17(15-31)12-25(32)29-2)34-18-9-10-20-21(14-24(28)30-23(20)13-18)19-7-3-4-8-22(19)27/h3-4,7-10,13-14,16-17H,5-6,11-12,15H2,1-2H3,(H,29,32)/t16-,17-/m1/s1. The minimum atomic E-state index is -0.668. The molecule has 178 valence electrons. The molecule has 6 nitrogen and oxygen atoms in total. The fraction of sp³-hybridized carbons (Fsp3) is 0.346. The van der Waals surface area contributed by atoms with E-state index in [1.165, 1.54) is 0 Å². The second kappa shape index (κ2) is 10.6. The van der Waals surface area contributed by atoms with Gasteiger partial charge in [-0.1, -0.05) is 41.4 Å². The zero-order chi connectivity index (χ0) is 24.2. The van der Waals surface area contributed by atoms with Gasteiger partial charge >= 0.3 is 0 Å². The molecule has 1 fully saturated rings. The van der Waals surface area contributed by atoms with Gasteiger partial charge in [-0.25, -0.2) is 4.98 Å². The summed E-state index contributed by atoms with van der Waals surface area (Å²) in [6.07, 6.45) is 1.58. The molecule has 2 atom stereocenters. The summed E-state index contributed by atoms with van der Waals surface area (Å²) in [4.78, 5) is 31.0. The van der Waals surface area contributed by atoms with E-state index in [9.17, 15) is 9.59 Å². The third-order valence-corrected chi connectivity index (χ3v) is 6.68.